The molecular weight excluding hydrogens is 206 g/mol. The van der Waals surface area contributed by atoms with E-state index < -0.39 is 0 Å². The Kier molecular flexibility index (Phi) is 3.62. The molecule has 0 aliphatic heterocycles. The first-order valence-corrected chi connectivity index (χ1v) is 6.95. The molecule has 0 heterocycles. The average molecular weight is 230 g/mol. The van der Waals surface area contributed by atoms with Crippen molar-refractivity contribution in [2.24, 2.45) is 17.8 Å². The van der Waals surface area contributed by atoms with Crippen molar-refractivity contribution in [2.45, 2.75) is 51.5 Å². The van der Waals surface area contributed by atoms with E-state index in [0.29, 0.717) is 0 Å². The van der Waals surface area contributed by atoms with Crippen LogP contribution in [-0.4, -0.2) is 18.0 Å². The summed E-state index contributed by atoms with van der Waals surface area (Å²) in [5, 5.41) is 3.70. The van der Waals surface area contributed by atoms with Crippen LogP contribution in [0.1, 0.15) is 46.0 Å². The van der Waals surface area contributed by atoms with Gasteiger partial charge in [0, 0.05) is 11.4 Å². The van der Waals surface area contributed by atoms with Crippen molar-refractivity contribution in [3.05, 3.63) is 0 Å². The molecule has 2 aliphatic rings. The Bertz CT molecular complexity index is 215. The monoisotopic (exact) mass is 229 g/mol. The molecule has 2 heteroatoms. The first kappa shape index (κ1) is 11.7. The lowest BCUT2D eigenvalue weighted by molar-refractivity contribution is 0.274. The second-order valence-electron chi connectivity index (χ2n) is 6.14. The van der Waals surface area contributed by atoms with Crippen LogP contribution >= 0.6 is 11.6 Å². The zero-order valence-electron chi connectivity index (χ0n) is 10.1. The number of alkyl halides is 1. The van der Waals surface area contributed by atoms with E-state index in [0.717, 1.165) is 30.1 Å². The fourth-order valence-corrected chi connectivity index (χ4v) is 3.83. The smallest absolute Gasteiger partial charge is 0.0240 e. The van der Waals surface area contributed by atoms with Gasteiger partial charge in [-0.2, -0.15) is 0 Å². The highest BCUT2D eigenvalue weighted by molar-refractivity contribution is 6.17. The number of fused-ring (bicyclic) bond motifs is 2. The minimum absolute atomic E-state index is 0.226. The third-order valence-corrected chi connectivity index (χ3v) is 4.64. The van der Waals surface area contributed by atoms with Gasteiger partial charge in [0.1, 0.15) is 0 Å². The van der Waals surface area contributed by atoms with Gasteiger partial charge in [-0.15, -0.1) is 11.6 Å². The zero-order valence-corrected chi connectivity index (χ0v) is 10.8. The first-order valence-electron chi connectivity index (χ1n) is 6.42. The Labute approximate surface area is 99.0 Å². The predicted molar refractivity (Wildman–Crippen MR) is 66.4 cm³/mol. The normalized spacial score (nSPS) is 35.0. The predicted octanol–water partition coefficient (Wildman–Crippen LogP) is 3.42. The number of halogens is 1. The lowest BCUT2D eigenvalue weighted by Gasteiger charge is -2.30. The van der Waals surface area contributed by atoms with Gasteiger partial charge in [0.05, 0.1) is 0 Å². The summed E-state index contributed by atoms with van der Waals surface area (Å²) in [5.41, 5.74) is 0.226. The van der Waals surface area contributed by atoms with Crippen LogP contribution in [0, 0.1) is 17.8 Å². The van der Waals surface area contributed by atoms with Gasteiger partial charge in [-0.3, -0.25) is 0 Å². The Morgan fingerprint density at radius 3 is 2.60 bits per heavy atom. The van der Waals surface area contributed by atoms with Gasteiger partial charge < -0.3 is 5.32 Å². The molecule has 2 fully saturated rings. The highest BCUT2D eigenvalue weighted by atomic mass is 35.5. The number of hydrogen-bond acceptors (Lipinski definition) is 1. The zero-order chi connectivity index (χ0) is 10.9. The van der Waals surface area contributed by atoms with E-state index in [2.05, 4.69) is 19.2 Å². The van der Waals surface area contributed by atoms with Crippen molar-refractivity contribution in [3.8, 4) is 0 Å². The van der Waals surface area contributed by atoms with E-state index in [1.54, 1.807) is 0 Å². The van der Waals surface area contributed by atoms with Crippen LogP contribution < -0.4 is 5.32 Å². The summed E-state index contributed by atoms with van der Waals surface area (Å²) in [6.45, 7) is 5.75. The first-order chi connectivity index (χ1) is 7.11. The molecule has 0 aromatic rings. The molecule has 2 bridgehead atoms. The van der Waals surface area contributed by atoms with Crippen molar-refractivity contribution in [3.63, 3.8) is 0 Å². The van der Waals surface area contributed by atoms with Crippen molar-refractivity contribution in [1.29, 1.82) is 0 Å². The fraction of sp³-hybridized carbons (Fsp3) is 1.00. The molecule has 0 saturated heterocycles. The van der Waals surface area contributed by atoms with E-state index in [1.165, 1.54) is 32.2 Å². The average Bonchev–Trinajstić information content (AvgIpc) is 2.75. The molecule has 0 aromatic heterocycles. The highest BCUT2D eigenvalue weighted by Crippen LogP contribution is 2.48. The van der Waals surface area contributed by atoms with Crippen molar-refractivity contribution >= 4 is 11.6 Å². The molecule has 2 saturated carbocycles. The SMILES string of the molecule is CC(C)(CCCl)NCC1CC2CCC1C2. The minimum atomic E-state index is 0.226. The maximum atomic E-state index is 5.80. The largest absolute Gasteiger partial charge is 0.311 e. The quantitative estimate of drug-likeness (QED) is 0.713. The van der Waals surface area contributed by atoms with Crippen LogP contribution in [0.5, 0.6) is 0 Å². The Morgan fingerprint density at radius 1 is 1.27 bits per heavy atom. The topological polar surface area (TPSA) is 12.0 Å². The Hall–Kier alpha value is 0.250. The number of rotatable bonds is 5. The third-order valence-electron chi connectivity index (χ3n) is 4.45. The van der Waals surface area contributed by atoms with E-state index >= 15 is 0 Å². The molecular formula is C13H24ClN. The van der Waals surface area contributed by atoms with Crippen LogP contribution in [0.25, 0.3) is 0 Å². The van der Waals surface area contributed by atoms with Gasteiger partial charge in [-0.1, -0.05) is 6.42 Å². The molecule has 15 heavy (non-hydrogen) atoms. The molecule has 3 atom stereocenters. The second kappa shape index (κ2) is 4.63. The van der Waals surface area contributed by atoms with Crippen LogP contribution in [0.3, 0.4) is 0 Å². The van der Waals surface area contributed by atoms with Crippen molar-refractivity contribution < 1.29 is 0 Å². The third kappa shape index (κ3) is 2.88. The maximum absolute atomic E-state index is 5.80. The molecule has 1 N–H and O–H groups in total. The fourth-order valence-electron chi connectivity index (χ4n) is 3.36. The second-order valence-corrected chi connectivity index (χ2v) is 6.52. The van der Waals surface area contributed by atoms with E-state index in [4.69, 9.17) is 11.6 Å². The van der Waals surface area contributed by atoms with E-state index in [9.17, 15) is 0 Å². The molecule has 0 amide bonds. The van der Waals surface area contributed by atoms with Gasteiger partial charge in [0.15, 0.2) is 0 Å². The van der Waals surface area contributed by atoms with Gasteiger partial charge in [0.2, 0.25) is 0 Å². The van der Waals surface area contributed by atoms with Gasteiger partial charge in [-0.05, 0) is 63.8 Å². The highest BCUT2D eigenvalue weighted by Gasteiger charge is 2.39. The molecule has 0 aromatic carbocycles. The lowest BCUT2D eigenvalue weighted by Crippen LogP contribution is -2.43. The Balaban J connectivity index is 1.74. The summed E-state index contributed by atoms with van der Waals surface area (Å²) in [7, 11) is 0. The van der Waals surface area contributed by atoms with Gasteiger partial charge in [-0.25, -0.2) is 0 Å². The summed E-state index contributed by atoms with van der Waals surface area (Å²) >= 11 is 5.80. The number of nitrogens with one attached hydrogen (secondary N) is 1. The van der Waals surface area contributed by atoms with Crippen LogP contribution in [0.2, 0.25) is 0 Å². The number of hydrogen-bond donors (Lipinski definition) is 1. The lowest BCUT2D eigenvalue weighted by atomic mass is 9.88. The summed E-state index contributed by atoms with van der Waals surface area (Å²) < 4.78 is 0. The molecule has 3 unspecified atom stereocenters. The summed E-state index contributed by atoms with van der Waals surface area (Å²) in [5.74, 6) is 3.82. The molecule has 0 spiro atoms. The van der Waals surface area contributed by atoms with Crippen molar-refractivity contribution in [1.82, 2.24) is 5.32 Å². The van der Waals surface area contributed by atoms with Gasteiger partial charge in [0.25, 0.3) is 0 Å². The minimum Gasteiger partial charge on any atom is -0.311 e. The molecule has 1 nitrogen and oxygen atoms in total. The Morgan fingerprint density at radius 2 is 2.07 bits per heavy atom. The van der Waals surface area contributed by atoms with Crippen LogP contribution in [0.15, 0.2) is 0 Å². The standard InChI is InChI=1S/C13H24ClN/c1-13(2,5-6-14)15-9-12-8-10-3-4-11(12)7-10/h10-12,15H,3-9H2,1-2H3. The van der Waals surface area contributed by atoms with Crippen LogP contribution in [-0.2, 0) is 0 Å². The maximum Gasteiger partial charge on any atom is 0.0240 e. The molecule has 88 valence electrons. The summed E-state index contributed by atoms with van der Waals surface area (Å²) in [4.78, 5) is 0. The van der Waals surface area contributed by atoms with E-state index in [1.807, 2.05) is 0 Å². The summed E-state index contributed by atoms with van der Waals surface area (Å²) in [6.07, 6.45) is 7.06. The van der Waals surface area contributed by atoms with E-state index in [-0.39, 0.29) is 5.54 Å². The molecule has 0 radical (unpaired) electrons. The molecule has 2 rings (SSSR count). The van der Waals surface area contributed by atoms with Crippen molar-refractivity contribution in [2.75, 3.05) is 12.4 Å². The van der Waals surface area contributed by atoms with Crippen LogP contribution in [0.4, 0.5) is 0 Å². The summed E-state index contributed by atoms with van der Waals surface area (Å²) in [6, 6.07) is 0. The molecule has 2 aliphatic carbocycles. The van der Waals surface area contributed by atoms with Gasteiger partial charge >= 0.3 is 0 Å².